The molecule has 162 valence electrons. The third-order valence-corrected chi connectivity index (χ3v) is 5.97. The lowest BCUT2D eigenvalue weighted by Gasteiger charge is -2.33. The van der Waals surface area contributed by atoms with Crippen molar-refractivity contribution in [2.75, 3.05) is 13.1 Å². The molecule has 0 spiro atoms. The number of hydrogen-bond donors (Lipinski definition) is 0. The van der Waals surface area contributed by atoms with Crippen molar-refractivity contribution in [3.8, 4) is 0 Å². The molecule has 1 aliphatic heterocycles. The Hall–Kier alpha value is -3.22. The Morgan fingerprint density at radius 1 is 1.13 bits per heavy atom. The summed E-state index contributed by atoms with van der Waals surface area (Å²) < 4.78 is 7.23. The molecule has 7 heteroatoms. The van der Waals surface area contributed by atoms with E-state index in [2.05, 4.69) is 34.6 Å². The zero-order valence-electron chi connectivity index (χ0n) is 18.0. The molecule has 4 rings (SSSR count). The van der Waals surface area contributed by atoms with E-state index in [1.165, 1.54) is 5.56 Å². The molecule has 3 aromatic rings. The standard InChI is InChI=1S/C24H28N4O3/c1-3-28-22-10-9-20(16-21(22)25-26-28)24(30)31-17(2)23(29)27-13-11-19(12-14-27)15-18-7-5-4-6-8-18/h4-10,16-17,19H,3,11-15H2,1-2H3/t17-/m0/s1. The zero-order valence-corrected chi connectivity index (χ0v) is 18.0. The van der Waals surface area contributed by atoms with Crippen LogP contribution in [0.3, 0.4) is 0 Å². The third-order valence-electron chi connectivity index (χ3n) is 5.97. The first-order valence-electron chi connectivity index (χ1n) is 10.9. The lowest BCUT2D eigenvalue weighted by Crippen LogP contribution is -2.44. The minimum absolute atomic E-state index is 0.135. The number of hydrogen-bond acceptors (Lipinski definition) is 5. The summed E-state index contributed by atoms with van der Waals surface area (Å²) in [6.45, 7) is 5.72. The van der Waals surface area contributed by atoms with Gasteiger partial charge in [0.25, 0.3) is 5.91 Å². The summed E-state index contributed by atoms with van der Waals surface area (Å²) in [6.07, 6.45) is 2.15. The molecule has 1 saturated heterocycles. The smallest absolute Gasteiger partial charge is 0.338 e. The van der Waals surface area contributed by atoms with Gasteiger partial charge in [-0.2, -0.15) is 0 Å². The average Bonchev–Trinajstić information content (AvgIpc) is 3.22. The van der Waals surface area contributed by atoms with E-state index in [1.807, 2.05) is 17.9 Å². The number of rotatable bonds is 6. The van der Waals surface area contributed by atoms with Crippen LogP contribution in [0, 0.1) is 5.92 Å². The molecule has 1 amide bonds. The van der Waals surface area contributed by atoms with Gasteiger partial charge >= 0.3 is 5.97 Å². The molecule has 0 bridgehead atoms. The molecule has 0 saturated carbocycles. The number of carbonyl (C=O) groups is 2. The Morgan fingerprint density at radius 3 is 2.58 bits per heavy atom. The van der Waals surface area contributed by atoms with Crippen molar-refractivity contribution in [2.24, 2.45) is 5.92 Å². The minimum atomic E-state index is -0.819. The fourth-order valence-electron chi connectivity index (χ4n) is 4.17. The van der Waals surface area contributed by atoms with Crippen molar-refractivity contribution in [1.29, 1.82) is 0 Å². The van der Waals surface area contributed by atoms with Gasteiger partial charge in [-0.05, 0) is 62.8 Å². The molecule has 0 N–H and O–H groups in total. The van der Waals surface area contributed by atoms with Gasteiger partial charge in [0, 0.05) is 19.6 Å². The van der Waals surface area contributed by atoms with Crippen LogP contribution in [0.2, 0.25) is 0 Å². The number of aromatic nitrogens is 3. The van der Waals surface area contributed by atoms with Crippen molar-refractivity contribution in [2.45, 2.75) is 45.8 Å². The summed E-state index contributed by atoms with van der Waals surface area (Å²) >= 11 is 0. The Bertz CT molecular complexity index is 1060. The van der Waals surface area contributed by atoms with Gasteiger partial charge in [0.2, 0.25) is 0 Å². The first kappa shape index (κ1) is 21.0. The maximum atomic E-state index is 12.8. The molecule has 31 heavy (non-hydrogen) atoms. The summed E-state index contributed by atoms with van der Waals surface area (Å²) in [5.41, 5.74) is 3.21. The summed E-state index contributed by atoms with van der Waals surface area (Å²) in [5.74, 6) is -0.0788. The summed E-state index contributed by atoms with van der Waals surface area (Å²) in [7, 11) is 0. The van der Waals surface area contributed by atoms with Crippen LogP contribution in [0.1, 0.15) is 42.6 Å². The van der Waals surface area contributed by atoms with Crippen molar-refractivity contribution in [3.05, 3.63) is 59.7 Å². The lowest BCUT2D eigenvalue weighted by atomic mass is 9.90. The van der Waals surface area contributed by atoms with Crippen LogP contribution >= 0.6 is 0 Å². The van der Waals surface area contributed by atoms with E-state index in [1.54, 1.807) is 29.8 Å². The van der Waals surface area contributed by atoms with E-state index < -0.39 is 12.1 Å². The number of amides is 1. The van der Waals surface area contributed by atoms with Crippen LogP contribution in [0.15, 0.2) is 48.5 Å². The van der Waals surface area contributed by atoms with Crippen molar-refractivity contribution in [3.63, 3.8) is 0 Å². The summed E-state index contributed by atoms with van der Waals surface area (Å²) in [4.78, 5) is 27.2. The summed E-state index contributed by atoms with van der Waals surface area (Å²) in [6, 6.07) is 15.6. The fourth-order valence-corrected chi connectivity index (χ4v) is 4.17. The highest BCUT2D eigenvalue weighted by Crippen LogP contribution is 2.23. The Labute approximate surface area is 182 Å². The van der Waals surface area contributed by atoms with Crippen LogP contribution in [-0.2, 0) is 22.5 Å². The minimum Gasteiger partial charge on any atom is -0.449 e. The SMILES string of the molecule is CCn1nnc2cc(C(=O)O[C@@H](C)C(=O)N3CCC(Cc4ccccc4)CC3)ccc21. The maximum Gasteiger partial charge on any atom is 0.338 e. The van der Waals surface area contributed by atoms with E-state index in [0.29, 0.717) is 36.6 Å². The molecule has 7 nitrogen and oxygen atoms in total. The van der Waals surface area contributed by atoms with Gasteiger partial charge in [-0.3, -0.25) is 4.79 Å². The second-order valence-electron chi connectivity index (χ2n) is 8.11. The third kappa shape index (κ3) is 4.76. The molecular weight excluding hydrogens is 392 g/mol. The number of likely N-dealkylation sites (tertiary alicyclic amines) is 1. The van der Waals surface area contributed by atoms with Crippen LogP contribution < -0.4 is 0 Å². The van der Waals surface area contributed by atoms with Gasteiger partial charge in [0.1, 0.15) is 5.52 Å². The first-order chi connectivity index (χ1) is 15.0. The molecule has 1 atom stereocenters. The lowest BCUT2D eigenvalue weighted by molar-refractivity contribution is -0.141. The quantitative estimate of drug-likeness (QED) is 0.571. The van der Waals surface area contributed by atoms with E-state index in [4.69, 9.17) is 4.74 Å². The summed E-state index contributed by atoms with van der Waals surface area (Å²) in [5, 5.41) is 8.14. The maximum absolute atomic E-state index is 12.8. The first-order valence-corrected chi connectivity index (χ1v) is 10.9. The number of piperidine rings is 1. The van der Waals surface area contributed by atoms with E-state index >= 15 is 0 Å². The Kier molecular flexibility index (Phi) is 6.30. The van der Waals surface area contributed by atoms with Crippen LogP contribution in [-0.4, -0.2) is 51.0 Å². The molecule has 1 aromatic heterocycles. The number of esters is 1. The number of nitrogens with zero attached hydrogens (tertiary/aromatic N) is 4. The van der Waals surface area contributed by atoms with Gasteiger partial charge < -0.3 is 9.64 Å². The van der Waals surface area contributed by atoms with Crippen LogP contribution in [0.4, 0.5) is 0 Å². The van der Waals surface area contributed by atoms with E-state index in [-0.39, 0.29) is 5.91 Å². The molecule has 1 aliphatic rings. The molecule has 2 heterocycles. The van der Waals surface area contributed by atoms with Crippen molar-refractivity contribution >= 4 is 22.9 Å². The average molecular weight is 421 g/mol. The van der Waals surface area contributed by atoms with E-state index in [0.717, 1.165) is 24.8 Å². The van der Waals surface area contributed by atoms with Crippen LogP contribution in [0.5, 0.6) is 0 Å². The molecule has 0 aliphatic carbocycles. The fraction of sp³-hybridized carbons (Fsp3) is 0.417. The molecule has 1 fully saturated rings. The van der Waals surface area contributed by atoms with E-state index in [9.17, 15) is 9.59 Å². The number of aryl methyl sites for hydroxylation is 1. The number of carbonyl (C=O) groups excluding carboxylic acids is 2. The monoisotopic (exact) mass is 420 g/mol. The van der Waals surface area contributed by atoms with Gasteiger partial charge in [0.15, 0.2) is 6.10 Å². The second-order valence-corrected chi connectivity index (χ2v) is 8.11. The van der Waals surface area contributed by atoms with Gasteiger partial charge in [-0.1, -0.05) is 35.5 Å². The second kappa shape index (κ2) is 9.29. The number of ether oxygens (including phenoxy) is 1. The largest absolute Gasteiger partial charge is 0.449 e. The molecule has 0 radical (unpaired) electrons. The predicted molar refractivity (Wildman–Crippen MR) is 118 cm³/mol. The number of fused-ring (bicyclic) bond motifs is 1. The zero-order chi connectivity index (χ0) is 21.8. The number of benzene rings is 2. The normalized spacial score (nSPS) is 15.7. The highest BCUT2D eigenvalue weighted by atomic mass is 16.5. The Morgan fingerprint density at radius 2 is 1.87 bits per heavy atom. The molecule has 0 unspecified atom stereocenters. The molecular formula is C24H28N4O3. The van der Waals surface area contributed by atoms with Gasteiger partial charge in [-0.25, -0.2) is 9.48 Å². The highest BCUT2D eigenvalue weighted by molar-refractivity contribution is 5.95. The van der Waals surface area contributed by atoms with Crippen LogP contribution in [0.25, 0.3) is 11.0 Å². The molecule has 2 aromatic carbocycles. The topological polar surface area (TPSA) is 77.3 Å². The van der Waals surface area contributed by atoms with Gasteiger partial charge in [-0.15, -0.1) is 5.10 Å². The highest BCUT2D eigenvalue weighted by Gasteiger charge is 2.28. The van der Waals surface area contributed by atoms with Gasteiger partial charge in [0.05, 0.1) is 11.1 Å². The predicted octanol–water partition coefficient (Wildman–Crippen LogP) is 3.48. The Balaban J connectivity index is 1.31. The van der Waals surface area contributed by atoms with Crippen molar-refractivity contribution < 1.29 is 14.3 Å². The van der Waals surface area contributed by atoms with Crippen molar-refractivity contribution in [1.82, 2.24) is 19.9 Å².